The van der Waals surface area contributed by atoms with Crippen LogP contribution in [0.4, 0.5) is 26.3 Å². The summed E-state index contributed by atoms with van der Waals surface area (Å²) in [6, 6.07) is 0. The largest absolute Gasteiger partial charge is 2.00 e. The number of rotatable bonds is 1. The van der Waals surface area contributed by atoms with E-state index in [9.17, 15) is 26.3 Å². The molecule has 12 nitrogen and oxygen atoms in total. The maximum atomic E-state index is 10.7. The third-order valence-electron chi connectivity index (χ3n) is 2.08. The van der Waals surface area contributed by atoms with E-state index in [1.165, 1.54) is 19.3 Å². The quantitative estimate of drug-likeness (QED) is 0.115. The van der Waals surface area contributed by atoms with Crippen molar-refractivity contribution in [1.29, 1.82) is 0 Å². The standard InChI is InChI=1S/C7H12O.2CHF3O3S.5H3N.Os/c1-8-7-5-3-2-4-6-7;2*2-1(3,4)8(5,6)7;;;;;;/h3,5,7H,2,4,6H2,1H3;2*(H,5,6,7);5*1H3;/q;;;;;;;;+2/p-2. The molecular weight excluding hydrogens is 658 g/mol. The molecule has 1 unspecified atom stereocenters. The zero-order valence-corrected chi connectivity index (χ0v) is 19.9. The van der Waals surface area contributed by atoms with E-state index in [-0.39, 0.29) is 50.5 Å². The summed E-state index contributed by atoms with van der Waals surface area (Å²) in [5.41, 5.74) is -11.3. The second-order valence-corrected chi connectivity index (χ2v) is 6.68. The van der Waals surface area contributed by atoms with Crippen molar-refractivity contribution < 1.29 is 76.8 Å². The number of allylic oxidation sites excluding steroid dienone is 1. The molecule has 0 amide bonds. The van der Waals surface area contributed by atoms with E-state index in [0.29, 0.717) is 6.10 Å². The summed E-state index contributed by atoms with van der Waals surface area (Å²) in [5.74, 6) is 0. The molecule has 30 heavy (non-hydrogen) atoms. The molecule has 0 aromatic rings. The van der Waals surface area contributed by atoms with Gasteiger partial charge in [-0.05, 0) is 19.3 Å². The van der Waals surface area contributed by atoms with E-state index < -0.39 is 31.3 Å². The Labute approximate surface area is 183 Å². The molecule has 1 aliphatic carbocycles. The van der Waals surface area contributed by atoms with Crippen molar-refractivity contribution in [2.75, 3.05) is 7.11 Å². The number of hydrogen-bond acceptors (Lipinski definition) is 12. The van der Waals surface area contributed by atoms with Crippen molar-refractivity contribution in [1.82, 2.24) is 30.8 Å². The van der Waals surface area contributed by atoms with Crippen molar-refractivity contribution in [2.24, 2.45) is 0 Å². The van der Waals surface area contributed by atoms with Crippen LogP contribution < -0.4 is 30.8 Å². The molecule has 1 atom stereocenters. The third kappa shape index (κ3) is 25.6. The van der Waals surface area contributed by atoms with Crippen LogP contribution in [0.15, 0.2) is 12.2 Å². The maximum absolute atomic E-state index is 10.7. The van der Waals surface area contributed by atoms with E-state index in [1.807, 2.05) is 0 Å². The van der Waals surface area contributed by atoms with Crippen molar-refractivity contribution in [2.45, 2.75) is 36.4 Å². The van der Waals surface area contributed by atoms with Gasteiger partial charge in [0.25, 0.3) is 0 Å². The topological polar surface area (TPSA) is 299 Å². The fourth-order valence-corrected chi connectivity index (χ4v) is 0.978. The Hall–Kier alpha value is -0.464. The van der Waals surface area contributed by atoms with Crippen LogP contribution in [-0.4, -0.2) is 50.2 Å². The predicted octanol–water partition coefficient (Wildman–Crippen LogP) is 2.65. The molecule has 0 radical (unpaired) electrons. The second-order valence-electron chi connectivity index (χ2n) is 3.93. The van der Waals surface area contributed by atoms with E-state index in [1.54, 1.807) is 7.11 Å². The molecule has 21 heteroatoms. The minimum Gasteiger partial charge on any atom is -0.741 e. The molecule has 0 saturated heterocycles. The molecule has 0 bridgehead atoms. The molecule has 0 aliphatic heterocycles. The van der Waals surface area contributed by atoms with Crippen LogP contribution in [0.1, 0.15) is 19.3 Å². The Morgan fingerprint density at radius 3 is 1.20 bits per heavy atom. The Balaban J connectivity index is -0.0000000367. The van der Waals surface area contributed by atoms with E-state index in [2.05, 4.69) is 12.2 Å². The molecule has 0 fully saturated rings. The molecule has 192 valence electrons. The van der Waals surface area contributed by atoms with Crippen molar-refractivity contribution >= 4 is 20.2 Å². The molecule has 1 aliphatic rings. The molecule has 0 aromatic heterocycles. The Morgan fingerprint density at radius 2 is 1.10 bits per heavy atom. The van der Waals surface area contributed by atoms with Crippen LogP contribution in [0.25, 0.3) is 0 Å². The van der Waals surface area contributed by atoms with Gasteiger partial charge in [0.05, 0.1) is 6.10 Å². The molecular formula is C9H27F6N5O7OsS2. The molecule has 0 aromatic carbocycles. The van der Waals surface area contributed by atoms with Crippen molar-refractivity contribution in [3.8, 4) is 0 Å². The summed E-state index contributed by atoms with van der Waals surface area (Å²) in [6.45, 7) is 0. The Bertz CT molecular complexity index is 574. The van der Waals surface area contributed by atoms with Crippen LogP contribution in [0, 0.1) is 0 Å². The normalized spacial score (nSPS) is 15.0. The average Bonchev–Trinajstić information content (AvgIpc) is 2.36. The molecule has 0 saturated carbocycles. The number of ether oxygens (including phenoxy) is 1. The summed E-state index contributed by atoms with van der Waals surface area (Å²) >= 11 is 0. The van der Waals surface area contributed by atoms with Gasteiger partial charge in [-0.25, -0.2) is 16.8 Å². The number of alkyl halides is 6. The Morgan fingerprint density at radius 1 is 0.833 bits per heavy atom. The first-order valence-corrected chi connectivity index (χ1v) is 8.49. The fraction of sp³-hybridized carbons (Fsp3) is 0.778. The van der Waals surface area contributed by atoms with Crippen molar-refractivity contribution in [3.63, 3.8) is 0 Å². The van der Waals surface area contributed by atoms with E-state index >= 15 is 0 Å². The van der Waals surface area contributed by atoms with Gasteiger partial charge in [0.1, 0.15) is 0 Å². The van der Waals surface area contributed by atoms with Gasteiger partial charge in [0.15, 0.2) is 20.2 Å². The van der Waals surface area contributed by atoms with Crippen LogP contribution in [0.2, 0.25) is 0 Å². The van der Waals surface area contributed by atoms with E-state index in [4.69, 9.17) is 30.7 Å². The van der Waals surface area contributed by atoms with Gasteiger partial charge >= 0.3 is 30.8 Å². The van der Waals surface area contributed by atoms with Crippen LogP contribution in [-0.2, 0) is 44.8 Å². The summed E-state index contributed by atoms with van der Waals surface area (Å²) in [7, 11) is -10.4. The van der Waals surface area contributed by atoms with Crippen molar-refractivity contribution in [3.05, 3.63) is 12.2 Å². The zero-order valence-electron chi connectivity index (χ0n) is 15.7. The van der Waals surface area contributed by atoms with Gasteiger partial charge in [0.2, 0.25) is 0 Å². The first-order valence-electron chi connectivity index (χ1n) is 5.67. The molecule has 0 heterocycles. The fourth-order valence-electron chi connectivity index (χ4n) is 0.978. The summed E-state index contributed by atoms with van der Waals surface area (Å²) in [6.07, 6.45) is 8.46. The number of halogens is 6. The van der Waals surface area contributed by atoms with E-state index in [0.717, 1.165) is 0 Å². The predicted molar refractivity (Wildman–Crippen MR) is 90.4 cm³/mol. The van der Waals surface area contributed by atoms with Gasteiger partial charge in [-0.2, -0.15) is 26.3 Å². The summed E-state index contributed by atoms with van der Waals surface area (Å²) in [4.78, 5) is 0. The summed E-state index contributed by atoms with van der Waals surface area (Å²) in [5, 5.41) is 0. The monoisotopic (exact) mass is 687 g/mol. The third-order valence-corrected chi connectivity index (χ3v) is 3.21. The van der Waals surface area contributed by atoms with Gasteiger partial charge in [0, 0.05) is 7.11 Å². The number of methoxy groups -OCH3 is 1. The first kappa shape index (κ1) is 51.9. The molecule has 1 rings (SSSR count). The molecule has 15 N–H and O–H groups in total. The van der Waals surface area contributed by atoms with Gasteiger partial charge in [-0.3, -0.25) is 0 Å². The minimum atomic E-state index is -6.09. The zero-order chi connectivity index (χ0) is 19.8. The van der Waals surface area contributed by atoms with Crippen LogP contribution in [0.3, 0.4) is 0 Å². The Kier molecular flexibility index (Phi) is 35.3. The maximum Gasteiger partial charge on any atom is 2.00 e. The number of hydrogen-bond donors (Lipinski definition) is 5. The second kappa shape index (κ2) is 20.4. The van der Waals surface area contributed by atoms with Gasteiger partial charge in [-0.15, -0.1) is 0 Å². The van der Waals surface area contributed by atoms with Crippen LogP contribution >= 0.6 is 0 Å². The minimum absolute atomic E-state index is 0. The van der Waals surface area contributed by atoms with Gasteiger partial charge < -0.3 is 44.6 Å². The first-order chi connectivity index (χ1) is 10.4. The SMILES string of the molecule is COC1C=CCCC1.N.N.N.N.N.O=S(=O)([O-])C(F)(F)F.O=S(=O)([O-])C(F)(F)F.[Os+2]. The van der Waals surface area contributed by atoms with Gasteiger partial charge in [-0.1, -0.05) is 12.2 Å². The summed E-state index contributed by atoms with van der Waals surface area (Å²) < 4.78 is 123. The van der Waals surface area contributed by atoms with Crippen LogP contribution in [0.5, 0.6) is 0 Å². The average molecular weight is 686 g/mol. The smallest absolute Gasteiger partial charge is 0.741 e. The molecule has 0 spiro atoms.